The second-order valence-electron chi connectivity index (χ2n) is 1.14. The molecule has 3 nitrogen and oxygen atoms in total. The standard InChI is InChI=1S/C5H8O.CH2O2/c1-2-3-4-5-6;2-1-3/h1,6H,3-5H2;1H,(H,2,3). The molecule has 0 fully saturated rings. The van der Waals surface area contributed by atoms with E-state index in [0.29, 0.717) is 6.42 Å². The van der Waals surface area contributed by atoms with E-state index in [-0.39, 0.29) is 13.1 Å². The Bertz CT molecular complexity index is 82.8. The van der Waals surface area contributed by atoms with Crippen LogP contribution < -0.4 is 0 Å². The third-order valence-electron chi connectivity index (χ3n) is 0.479. The third kappa shape index (κ3) is 44.0. The van der Waals surface area contributed by atoms with Crippen molar-refractivity contribution >= 4 is 6.47 Å². The molecule has 3 heteroatoms. The minimum Gasteiger partial charge on any atom is -0.483 e. The molecule has 0 saturated heterocycles. The molecule has 0 aromatic carbocycles. The number of terminal acetylenes is 1. The first-order valence-corrected chi connectivity index (χ1v) is 2.45. The van der Waals surface area contributed by atoms with Gasteiger partial charge in [0.1, 0.15) is 0 Å². The zero-order chi connectivity index (χ0) is 7.54. The number of aliphatic hydroxyl groups excluding tert-OH is 1. The van der Waals surface area contributed by atoms with E-state index < -0.39 is 0 Å². The summed E-state index contributed by atoms with van der Waals surface area (Å²) in [6.45, 7) is -0.0375. The summed E-state index contributed by atoms with van der Waals surface area (Å²) in [4.78, 5) is 8.36. The molecule has 0 aliphatic rings. The Morgan fingerprint density at radius 1 is 1.67 bits per heavy atom. The van der Waals surface area contributed by atoms with Crippen LogP contribution in [0.3, 0.4) is 0 Å². The van der Waals surface area contributed by atoms with Gasteiger partial charge in [0.05, 0.1) is 0 Å². The summed E-state index contributed by atoms with van der Waals surface area (Å²) >= 11 is 0. The van der Waals surface area contributed by atoms with Gasteiger partial charge in [-0.3, -0.25) is 4.79 Å². The molecular formula is C6H10O3. The molecule has 0 saturated carbocycles. The molecule has 0 aliphatic carbocycles. The van der Waals surface area contributed by atoms with Gasteiger partial charge in [-0.2, -0.15) is 0 Å². The summed E-state index contributed by atoms with van der Waals surface area (Å²) in [6.07, 6.45) is 6.28. The van der Waals surface area contributed by atoms with Crippen molar-refractivity contribution in [3.05, 3.63) is 0 Å². The Labute approximate surface area is 54.3 Å². The molecule has 0 rings (SSSR count). The minimum absolute atomic E-state index is 0.212. The summed E-state index contributed by atoms with van der Waals surface area (Å²) in [5.41, 5.74) is 0. The van der Waals surface area contributed by atoms with E-state index in [1.807, 2.05) is 0 Å². The zero-order valence-electron chi connectivity index (χ0n) is 5.08. The third-order valence-corrected chi connectivity index (χ3v) is 0.479. The van der Waals surface area contributed by atoms with Crippen molar-refractivity contribution in [1.82, 2.24) is 0 Å². The zero-order valence-corrected chi connectivity index (χ0v) is 5.08. The van der Waals surface area contributed by atoms with Gasteiger partial charge >= 0.3 is 0 Å². The fourth-order valence-electron chi connectivity index (χ4n) is 0.181. The lowest BCUT2D eigenvalue weighted by Gasteiger charge is -1.79. The van der Waals surface area contributed by atoms with Gasteiger partial charge in [0.2, 0.25) is 0 Å². The van der Waals surface area contributed by atoms with Crippen LogP contribution in [0, 0.1) is 12.3 Å². The lowest BCUT2D eigenvalue weighted by atomic mass is 10.3. The number of unbranched alkanes of at least 4 members (excludes halogenated alkanes) is 1. The lowest BCUT2D eigenvalue weighted by molar-refractivity contribution is -0.122. The molecule has 0 radical (unpaired) electrons. The summed E-state index contributed by atoms with van der Waals surface area (Å²) in [7, 11) is 0. The molecular weight excluding hydrogens is 120 g/mol. The Morgan fingerprint density at radius 2 is 2.11 bits per heavy atom. The van der Waals surface area contributed by atoms with Crippen LogP contribution in [0.1, 0.15) is 12.8 Å². The number of aliphatic hydroxyl groups is 1. The summed E-state index contributed by atoms with van der Waals surface area (Å²) in [5.74, 6) is 2.41. The molecule has 0 amide bonds. The van der Waals surface area contributed by atoms with Gasteiger partial charge in [0, 0.05) is 13.0 Å². The highest BCUT2D eigenvalue weighted by Crippen LogP contribution is 1.79. The van der Waals surface area contributed by atoms with Crippen LogP contribution in [-0.2, 0) is 4.79 Å². The van der Waals surface area contributed by atoms with Crippen molar-refractivity contribution in [3.63, 3.8) is 0 Å². The van der Waals surface area contributed by atoms with Crippen LogP contribution in [0.2, 0.25) is 0 Å². The van der Waals surface area contributed by atoms with Crippen molar-refractivity contribution in [1.29, 1.82) is 0 Å². The van der Waals surface area contributed by atoms with E-state index in [2.05, 4.69) is 5.92 Å². The topological polar surface area (TPSA) is 57.5 Å². The normalized spacial score (nSPS) is 6.22. The minimum atomic E-state index is -0.250. The van der Waals surface area contributed by atoms with Gasteiger partial charge in [0.25, 0.3) is 6.47 Å². The van der Waals surface area contributed by atoms with Crippen molar-refractivity contribution in [3.8, 4) is 12.3 Å². The van der Waals surface area contributed by atoms with Crippen LogP contribution in [0.25, 0.3) is 0 Å². The van der Waals surface area contributed by atoms with Crippen LogP contribution in [-0.4, -0.2) is 23.3 Å². The first kappa shape index (κ1) is 10.9. The Hall–Kier alpha value is -1.01. The van der Waals surface area contributed by atoms with Crippen molar-refractivity contribution in [2.75, 3.05) is 6.61 Å². The summed E-state index contributed by atoms with van der Waals surface area (Å²) in [6, 6.07) is 0. The van der Waals surface area contributed by atoms with Crippen LogP contribution in [0.5, 0.6) is 0 Å². The van der Waals surface area contributed by atoms with Gasteiger partial charge < -0.3 is 10.2 Å². The smallest absolute Gasteiger partial charge is 0.290 e. The molecule has 52 valence electrons. The molecule has 9 heavy (non-hydrogen) atoms. The molecule has 0 atom stereocenters. The maximum absolute atomic E-state index is 8.36. The van der Waals surface area contributed by atoms with E-state index in [1.54, 1.807) is 0 Å². The van der Waals surface area contributed by atoms with E-state index in [4.69, 9.17) is 21.4 Å². The Morgan fingerprint density at radius 3 is 2.22 bits per heavy atom. The van der Waals surface area contributed by atoms with Crippen LogP contribution in [0.15, 0.2) is 0 Å². The number of rotatable bonds is 2. The lowest BCUT2D eigenvalue weighted by Crippen LogP contribution is -1.77. The SMILES string of the molecule is C#CCCCO.O=CO. The molecule has 0 aromatic rings. The number of carboxylic acid groups (broad SMARTS) is 1. The Kier molecular flexibility index (Phi) is 19.0. The van der Waals surface area contributed by atoms with E-state index >= 15 is 0 Å². The summed E-state index contributed by atoms with van der Waals surface area (Å²) in [5, 5.41) is 15.0. The van der Waals surface area contributed by atoms with Gasteiger partial charge in [-0.15, -0.1) is 12.3 Å². The average Bonchev–Trinajstić information content (AvgIpc) is 1.86. The predicted molar refractivity (Wildman–Crippen MR) is 33.8 cm³/mol. The molecule has 0 spiro atoms. The van der Waals surface area contributed by atoms with Gasteiger partial charge in [-0.25, -0.2) is 0 Å². The second kappa shape index (κ2) is 15.8. The highest BCUT2D eigenvalue weighted by Gasteiger charge is 1.72. The van der Waals surface area contributed by atoms with E-state index in [9.17, 15) is 0 Å². The monoisotopic (exact) mass is 130 g/mol. The first-order chi connectivity index (χ1) is 4.33. The maximum atomic E-state index is 8.36. The molecule has 0 bridgehead atoms. The fourth-order valence-corrected chi connectivity index (χ4v) is 0.181. The molecule has 0 unspecified atom stereocenters. The van der Waals surface area contributed by atoms with E-state index in [1.165, 1.54) is 0 Å². The average molecular weight is 130 g/mol. The van der Waals surface area contributed by atoms with Gasteiger partial charge in [0.15, 0.2) is 0 Å². The van der Waals surface area contributed by atoms with Crippen molar-refractivity contribution in [2.24, 2.45) is 0 Å². The first-order valence-electron chi connectivity index (χ1n) is 2.45. The van der Waals surface area contributed by atoms with Gasteiger partial charge in [-0.1, -0.05) is 0 Å². The van der Waals surface area contributed by atoms with E-state index in [0.717, 1.165) is 6.42 Å². The maximum Gasteiger partial charge on any atom is 0.290 e. The van der Waals surface area contributed by atoms with Crippen LogP contribution in [0.4, 0.5) is 0 Å². The molecule has 0 aromatic heterocycles. The number of hydrogen-bond donors (Lipinski definition) is 2. The largest absolute Gasteiger partial charge is 0.483 e. The number of carbonyl (C=O) groups is 1. The fraction of sp³-hybridized carbons (Fsp3) is 0.500. The second-order valence-corrected chi connectivity index (χ2v) is 1.14. The predicted octanol–water partition coefficient (Wildman–Crippen LogP) is 0.0929. The molecule has 0 aliphatic heterocycles. The highest BCUT2D eigenvalue weighted by molar-refractivity contribution is 5.32. The van der Waals surface area contributed by atoms with Crippen molar-refractivity contribution in [2.45, 2.75) is 12.8 Å². The highest BCUT2D eigenvalue weighted by atomic mass is 16.3. The Balaban J connectivity index is 0. The van der Waals surface area contributed by atoms with Gasteiger partial charge in [-0.05, 0) is 6.42 Å². The number of hydrogen-bond acceptors (Lipinski definition) is 2. The molecule has 0 heterocycles. The van der Waals surface area contributed by atoms with Crippen LogP contribution >= 0.6 is 0 Å². The quantitative estimate of drug-likeness (QED) is 0.316. The molecule has 2 N–H and O–H groups in total. The van der Waals surface area contributed by atoms with Crippen molar-refractivity contribution < 1.29 is 15.0 Å². The summed E-state index contributed by atoms with van der Waals surface area (Å²) < 4.78 is 0.